The number of rotatable bonds is 5. The number of pyridine rings is 1. The van der Waals surface area contributed by atoms with Crippen LogP contribution in [0.2, 0.25) is 0 Å². The summed E-state index contributed by atoms with van der Waals surface area (Å²) in [5, 5.41) is 5.36. The SMILES string of the molecule is Cc1ccc(CNC(=O)CNC(=O)c2ccccc2I)cn1. The fraction of sp³-hybridized carbons (Fsp3) is 0.188. The van der Waals surface area contributed by atoms with Crippen LogP contribution in [0.4, 0.5) is 0 Å². The van der Waals surface area contributed by atoms with E-state index in [-0.39, 0.29) is 18.4 Å². The molecule has 0 bridgehead atoms. The van der Waals surface area contributed by atoms with Gasteiger partial charge in [-0.2, -0.15) is 0 Å². The third kappa shape index (κ3) is 4.80. The number of nitrogens with one attached hydrogen (secondary N) is 2. The van der Waals surface area contributed by atoms with Crippen molar-refractivity contribution < 1.29 is 9.59 Å². The zero-order valence-electron chi connectivity index (χ0n) is 12.1. The topological polar surface area (TPSA) is 71.1 Å². The Bertz CT molecular complexity index is 671. The Morgan fingerprint density at radius 1 is 1.14 bits per heavy atom. The van der Waals surface area contributed by atoms with Gasteiger partial charge < -0.3 is 10.6 Å². The first-order valence-corrected chi connectivity index (χ1v) is 7.85. The highest BCUT2D eigenvalue weighted by atomic mass is 127. The molecule has 1 aromatic carbocycles. The van der Waals surface area contributed by atoms with E-state index in [1.165, 1.54) is 0 Å². The molecule has 0 saturated heterocycles. The minimum atomic E-state index is -0.253. The Labute approximate surface area is 142 Å². The molecule has 22 heavy (non-hydrogen) atoms. The molecule has 1 heterocycles. The zero-order valence-corrected chi connectivity index (χ0v) is 14.3. The molecule has 5 nitrogen and oxygen atoms in total. The summed E-state index contributed by atoms with van der Waals surface area (Å²) in [4.78, 5) is 27.9. The van der Waals surface area contributed by atoms with Gasteiger partial charge in [0.05, 0.1) is 12.1 Å². The van der Waals surface area contributed by atoms with E-state index in [1.807, 2.05) is 31.2 Å². The first-order valence-electron chi connectivity index (χ1n) is 6.77. The van der Waals surface area contributed by atoms with Crippen molar-refractivity contribution in [2.45, 2.75) is 13.5 Å². The Kier molecular flexibility index (Phi) is 5.88. The van der Waals surface area contributed by atoms with Crippen molar-refractivity contribution in [1.82, 2.24) is 15.6 Å². The van der Waals surface area contributed by atoms with Crippen molar-refractivity contribution in [2.75, 3.05) is 6.54 Å². The van der Waals surface area contributed by atoms with Crippen LogP contribution in [0.25, 0.3) is 0 Å². The summed E-state index contributed by atoms with van der Waals surface area (Å²) < 4.78 is 0.851. The number of aromatic nitrogens is 1. The van der Waals surface area contributed by atoms with Crippen molar-refractivity contribution >= 4 is 34.4 Å². The number of hydrogen-bond acceptors (Lipinski definition) is 3. The molecule has 2 aromatic rings. The molecule has 114 valence electrons. The number of carbonyl (C=O) groups is 2. The number of halogens is 1. The van der Waals surface area contributed by atoms with Gasteiger partial charge in [0.25, 0.3) is 5.91 Å². The monoisotopic (exact) mass is 409 g/mol. The molecule has 0 saturated carbocycles. The number of benzene rings is 1. The second-order valence-corrected chi connectivity index (χ2v) is 5.91. The molecular weight excluding hydrogens is 393 g/mol. The molecule has 2 rings (SSSR count). The quantitative estimate of drug-likeness (QED) is 0.743. The Morgan fingerprint density at radius 3 is 2.59 bits per heavy atom. The van der Waals surface area contributed by atoms with Gasteiger partial charge in [-0.1, -0.05) is 18.2 Å². The molecular formula is C16H16IN3O2. The molecule has 0 aliphatic rings. The highest BCUT2D eigenvalue weighted by molar-refractivity contribution is 14.1. The molecule has 0 aliphatic carbocycles. The van der Waals surface area contributed by atoms with E-state index >= 15 is 0 Å². The summed E-state index contributed by atoms with van der Waals surface area (Å²) in [6.45, 7) is 2.25. The van der Waals surface area contributed by atoms with Crippen molar-refractivity contribution in [1.29, 1.82) is 0 Å². The summed E-state index contributed by atoms with van der Waals surface area (Å²) in [6, 6.07) is 11.0. The number of carbonyl (C=O) groups excluding carboxylic acids is 2. The van der Waals surface area contributed by atoms with Crippen LogP contribution in [0.5, 0.6) is 0 Å². The van der Waals surface area contributed by atoms with Crippen LogP contribution in [-0.2, 0) is 11.3 Å². The first-order chi connectivity index (χ1) is 10.6. The van der Waals surface area contributed by atoms with Crippen molar-refractivity contribution in [3.8, 4) is 0 Å². The molecule has 0 radical (unpaired) electrons. The van der Waals surface area contributed by atoms with E-state index in [2.05, 4.69) is 38.2 Å². The summed E-state index contributed by atoms with van der Waals surface area (Å²) in [6.07, 6.45) is 1.72. The highest BCUT2D eigenvalue weighted by Crippen LogP contribution is 2.10. The van der Waals surface area contributed by atoms with Crippen LogP contribution < -0.4 is 10.6 Å². The van der Waals surface area contributed by atoms with E-state index in [9.17, 15) is 9.59 Å². The third-order valence-electron chi connectivity index (χ3n) is 2.99. The lowest BCUT2D eigenvalue weighted by molar-refractivity contribution is -0.120. The van der Waals surface area contributed by atoms with Gasteiger partial charge in [-0.15, -0.1) is 0 Å². The van der Waals surface area contributed by atoms with Crippen molar-refractivity contribution in [3.05, 3.63) is 63.0 Å². The highest BCUT2D eigenvalue weighted by Gasteiger charge is 2.10. The van der Waals surface area contributed by atoms with Crippen LogP contribution in [0.1, 0.15) is 21.6 Å². The van der Waals surface area contributed by atoms with Gasteiger partial charge in [0.1, 0.15) is 0 Å². The van der Waals surface area contributed by atoms with Gasteiger partial charge in [0.15, 0.2) is 0 Å². The lowest BCUT2D eigenvalue weighted by Crippen LogP contribution is -2.36. The third-order valence-corrected chi connectivity index (χ3v) is 3.93. The molecule has 6 heteroatoms. The van der Waals surface area contributed by atoms with E-state index in [1.54, 1.807) is 18.3 Å². The molecule has 0 spiro atoms. The normalized spacial score (nSPS) is 10.1. The minimum Gasteiger partial charge on any atom is -0.350 e. The van der Waals surface area contributed by atoms with E-state index in [0.717, 1.165) is 14.8 Å². The lowest BCUT2D eigenvalue weighted by Gasteiger charge is -2.08. The summed E-state index contributed by atoms with van der Waals surface area (Å²) >= 11 is 2.09. The zero-order chi connectivity index (χ0) is 15.9. The fourth-order valence-corrected chi connectivity index (χ4v) is 2.40. The molecule has 0 aliphatic heterocycles. The standard InChI is InChI=1S/C16H16IN3O2/c1-11-6-7-12(8-18-11)9-19-15(21)10-20-16(22)13-4-2-3-5-14(13)17/h2-8H,9-10H2,1H3,(H,19,21)(H,20,22). The minimum absolute atomic E-state index is 0.0525. The van der Waals surface area contributed by atoms with Gasteiger partial charge in [-0.05, 0) is 53.3 Å². The van der Waals surface area contributed by atoms with Crippen LogP contribution >= 0.6 is 22.6 Å². The summed E-state index contributed by atoms with van der Waals surface area (Å²) in [7, 11) is 0. The van der Waals surface area contributed by atoms with Gasteiger partial charge in [0, 0.05) is 22.0 Å². The van der Waals surface area contributed by atoms with Crippen LogP contribution in [0, 0.1) is 10.5 Å². The van der Waals surface area contributed by atoms with Gasteiger partial charge >= 0.3 is 0 Å². The average molecular weight is 409 g/mol. The van der Waals surface area contributed by atoms with Gasteiger partial charge in [-0.25, -0.2) is 0 Å². The lowest BCUT2D eigenvalue weighted by atomic mass is 10.2. The van der Waals surface area contributed by atoms with Crippen molar-refractivity contribution in [2.24, 2.45) is 0 Å². The maximum Gasteiger partial charge on any atom is 0.252 e. The fourth-order valence-electron chi connectivity index (χ4n) is 1.77. The van der Waals surface area contributed by atoms with E-state index in [4.69, 9.17) is 0 Å². The number of nitrogens with zero attached hydrogens (tertiary/aromatic N) is 1. The second kappa shape index (κ2) is 7.88. The predicted octanol–water partition coefficient (Wildman–Crippen LogP) is 2.04. The molecule has 2 N–H and O–H groups in total. The number of amides is 2. The Hall–Kier alpha value is -1.96. The van der Waals surface area contributed by atoms with Crippen LogP contribution in [-0.4, -0.2) is 23.3 Å². The maximum absolute atomic E-state index is 12.0. The molecule has 2 amide bonds. The summed E-state index contributed by atoms with van der Waals surface area (Å²) in [5.74, 6) is -0.489. The smallest absolute Gasteiger partial charge is 0.252 e. The van der Waals surface area contributed by atoms with Crippen LogP contribution in [0.3, 0.4) is 0 Å². The Balaban J connectivity index is 1.79. The average Bonchev–Trinajstić information content (AvgIpc) is 2.52. The maximum atomic E-state index is 12.0. The predicted molar refractivity (Wildman–Crippen MR) is 92.3 cm³/mol. The number of aryl methyl sites for hydroxylation is 1. The van der Waals surface area contributed by atoms with E-state index < -0.39 is 0 Å². The molecule has 1 aromatic heterocycles. The first kappa shape index (κ1) is 16.4. The van der Waals surface area contributed by atoms with E-state index in [0.29, 0.717) is 12.1 Å². The van der Waals surface area contributed by atoms with Gasteiger partial charge in [0.2, 0.25) is 5.91 Å². The molecule has 0 fully saturated rings. The largest absolute Gasteiger partial charge is 0.350 e. The van der Waals surface area contributed by atoms with Crippen molar-refractivity contribution in [3.63, 3.8) is 0 Å². The molecule has 0 unspecified atom stereocenters. The van der Waals surface area contributed by atoms with Gasteiger partial charge in [-0.3, -0.25) is 14.6 Å². The molecule has 0 atom stereocenters. The summed E-state index contributed by atoms with van der Waals surface area (Å²) in [5.41, 5.74) is 2.42. The Morgan fingerprint density at radius 2 is 1.91 bits per heavy atom. The number of hydrogen-bond donors (Lipinski definition) is 2. The second-order valence-electron chi connectivity index (χ2n) is 4.75. The van der Waals surface area contributed by atoms with Crippen LogP contribution in [0.15, 0.2) is 42.6 Å².